The van der Waals surface area contributed by atoms with Gasteiger partial charge in [-0.15, -0.1) is 10.2 Å². The summed E-state index contributed by atoms with van der Waals surface area (Å²) in [6.45, 7) is 1.52. The number of hydrogen-bond donors (Lipinski definition) is 2. The summed E-state index contributed by atoms with van der Waals surface area (Å²) in [7, 11) is -4.30. The minimum Gasteiger partial charge on any atom is -0.326 e. The van der Waals surface area contributed by atoms with Crippen LogP contribution in [0, 0.1) is 18.6 Å². The van der Waals surface area contributed by atoms with E-state index in [0.717, 1.165) is 23.5 Å². The zero-order valence-corrected chi connectivity index (χ0v) is 11.9. The third-order valence-electron chi connectivity index (χ3n) is 2.33. The summed E-state index contributed by atoms with van der Waals surface area (Å²) in [5.41, 5.74) is 5.48. The number of aromatic nitrogens is 2. The van der Waals surface area contributed by atoms with Crippen LogP contribution in [0.2, 0.25) is 0 Å². The fourth-order valence-corrected chi connectivity index (χ4v) is 3.40. The molecule has 20 heavy (non-hydrogen) atoms. The number of nitrogens with two attached hydrogens (primary N) is 1. The lowest BCUT2D eigenvalue weighted by atomic mass is 10.2. The van der Waals surface area contributed by atoms with Crippen LogP contribution in [0.1, 0.15) is 10.6 Å². The van der Waals surface area contributed by atoms with Gasteiger partial charge in [0, 0.05) is 6.54 Å². The molecule has 0 saturated carbocycles. The molecule has 6 nitrogen and oxygen atoms in total. The van der Waals surface area contributed by atoms with Gasteiger partial charge >= 0.3 is 0 Å². The molecule has 0 saturated heterocycles. The first kappa shape index (κ1) is 14.8. The maximum Gasteiger partial charge on any atom is 0.266 e. The first-order chi connectivity index (χ1) is 9.33. The van der Waals surface area contributed by atoms with Crippen molar-refractivity contribution in [2.24, 2.45) is 5.73 Å². The van der Waals surface area contributed by atoms with Crippen molar-refractivity contribution in [2.75, 3.05) is 4.72 Å². The monoisotopic (exact) mass is 320 g/mol. The molecule has 0 aliphatic heterocycles. The smallest absolute Gasteiger partial charge is 0.266 e. The van der Waals surface area contributed by atoms with Crippen LogP contribution in [0.15, 0.2) is 17.0 Å². The van der Waals surface area contributed by atoms with Gasteiger partial charge in [-0.25, -0.2) is 17.2 Å². The van der Waals surface area contributed by atoms with Crippen molar-refractivity contribution in [3.63, 3.8) is 0 Å². The second kappa shape index (κ2) is 5.38. The summed E-state index contributed by atoms with van der Waals surface area (Å²) in [5, 5.41) is 7.69. The van der Waals surface area contributed by atoms with Gasteiger partial charge in [-0.3, -0.25) is 4.72 Å². The molecule has 0 unspecified atom stereocenters. The average Bonchev–Trinajstić information content (AvgIpc) is 2.76. The normalized spacial score (nSPS) is 11.6. The van der Waals surface area contributed by atoms with E-state index in [9.17, 15) is 17.2 Å². The first-order valence-electron chi connectivity index (χ1n) is 5.34. The molecule has 2 aromatic rings. The highest BCUT2D eigenvalue weighted by molar-refractivity contribution is 7.93. The minimum absolute atomic E-state index is 0.0274. The van der Waals surface area contributed by atoms with Crippen LogP contribution in [-0.2, 0) is 16.6 Å². The molecule has 0 atom stereocenters. The maximum atomic E-state index is 13.7. The summed E-state index contributed by atoms with van der Waals surface area (Å²) >= 11 is 0.976. The second-order valence-electron chi connectivity index (χ2n) is 3.83. The third-order valence-corrected chi connectivity index (χ3v) is 4.55. The van der Waals surface area contributed by atoms with Crippen molar-refractivity contribution in [1.29, 1.82) is 0 Å². The fraction of sp³-hybridized carbons (Fsp3) is 0.200. The van der Waals surface area contributed by atoms with Crippen LogP contribution in [0.25, 0.3) is 0 Å². The van der Waals surface area contributed by atoms with Gasteiger partial charge in [0.05, 0.1) is 0 Å². The van der Waals surface area contributed by atoms with Gasteiger partial charge in [0.15, 0.2) is 11.6 Å². The number of nitrogens with one attached hydrogen (secondary N) is 1. The van der Waals surface area contributed by atoms with Gasteiger partial charge < -0.3 is 5.73 Å². The zero-order valence-electron chi connectivity index (χ0n) is 10.2. The lowest BCUT2D eigenvalue weighted by molar-refractivity contribution is 0.483. The summed E-state index contributed by atoms with van der Waals surface area (Å²) < 4.78 is 53.1. The van der Waals surface area contributed by atoms with Crippen molar-refractivity contribution in [2.45, 2.75) is 18.4 Å². The van der Waals surface area contributed by atoms with Crippen molar-refractivity contribution >= 4 is 26.5 Å². The Bertz CT molecular complexity index is 746. The Balaban J connectivity index is 2.46. The average molecular weight is 320 g/mol. The molecule has 1 aromatic carbocycles. The molecule has 3 N–H and O–H groups in total. The highest BCUT2D eigenvalue weighted by atomic mass is 32.2. The SMILES string of the molecule is Cc1nnc(NS(=O)(=O)c2cc(CN)cc(F)c2F)s1. The van der Waals surface area contributed by atoms with E-state index >= 15 is 0 Å². The molecule has 1 aromatic heterocycles. The molecular weight excluding hydrogens is 310 g/mol. The van der Waals surface area contributed by atoms with Gasteiger partial charge in [0.1, 0.15) is 9.90 Å². The molecule has 0 aliphatic rings. The first-order valence-corrected chi connectivity index (χ1v) is 7.64. The zero-order chi connectivity index (χ0) is 14.9. The molecule has 10 heteroatoms. The maximum absolute atomic E-state index is 13.7. The number of hydrogen-bond acceptors (Lipinski definition) is 6. The van der Waals surface area contributed by atoms with Crippen molar-refractivity contribution in [1.82, 2.24) is 10.2 Å². The van der Waals surface area contributed by atoms with E-state index in [1.807, 2.05) is 4.72 Å². The molecule has 0 amide bonds. The van der Waals surface area contributed by atoms with E-state index in [2.05, 4.69) is 10.2 Å². The van der Waals surface area contributed by atoms with E-state index in [4.69, 9.17) is 5.73 Å². The molecule has 0 fully saturated rings. The molecule has 2 rings (SSSR count). The Labute approximate surface area is 117 Å². The number of aryl methyl sites for hydroxylation is 1. The molecule has 1 heterocycles. The van der Waals surface area contributed by atoms with Crippen LogP contribution in [0.4, 0.5) is 13.9 Å². The lowest BCUT2D eigenvalue weighted by Crippen LogP contribution is -2.16. The Hall–Kier alpha value is -1.65. The number of anilines is 1. The number of halogens is 2. The lowest BCUT2D eigenvalue weighted by Gasteiger charge is -2.08. The van der Waals surface area contributed by atoms with Gasteiger partial charge in [-0.05, 0) is 24.6 Å². The molecule has 0 aliphatic carbocycles. The van der Waals surface area contributed by atoms with E-state index in [1.54, 1.807) is 6.92 Å². The fourth-order valence-electron chi connectivity index (χ4n) is 1.44. The van der Waals surface area contributed by atoms with Crippen LogP contribution in [0.3, 0.4) is 0 Å². The van der Waals surface area contributed by atoms with Crippen LogP contribution >= 0.6 is 11.3 Å². The molecule has 0 bridgehead atoms. The van der Waals surface area contributed by atoms with Gasteiger partial charge in [0.2, 0.25) is 5.13 Å². The molecule has 0 radical (unpaired) electrons. The number of nitrogens with zero attached hydrogens (tertiary/aromatic N) is 2. The Morgan fingerprint density at radius 1 is 1.35 bits per heavy atom. The molecule has 108 valence electrons. The predicted molar refractivity (Wildman–Crippen MR) is 69.7 cm³/mol. The second-order valence-corrected chi connectivity index (χ2v) is 6.66. The summed E-state index contributed by atoms with van der Waals surface area (Å²) in [6, 6.07) is 1.83. The minimum atomic E-state index is -4.30. The van der Waals surface area contributed by atoms with E-state index in [-0.39, 0.29) is 17.2 Å². The van der Waals surface area contributed by atoms with Crippen LogP contribution in [0.5, 0.6) is 0 Å². The van der Waals surface area contributed by atoms with Crippen LogP contribution < -0.4 is 10.5 Å². The summed E-state index contributed by atoms with van der Waals surface area (Å²) in [5.74, 6) is -2.74. The van der Waals surface area contributed by atoms with Gasteiger partial charge in [-0.2, -0.15) is 0 Å². The quantitative estimate of drug-likeness (QED) is 0.887. The van der Waals surface area contributed by atoms with E-state index in [1.165, 1.54) is 0 Å². The van der Waals surface area contributed by atoms with E-state index < -0.39 is 26.6 Å². The Kier molecular flexibility index (Phi) is 3.97. The number of sulfonamides is 1. The molecule has 0 spiro atoms. The Morgan fingerprint density at radius 3 is 2.60 bits per heavy atom. The number of rotatable bonds is 4. The number of benzene rings is 1. The summed E-state index contributed by atoms with van der Waals surface area (Å²) in [6.07, 6.45) is 0. The van der Waals surface area contributed by atoms with Gasteiger partial charge in [0.25, 0.3) is 10.0 Å². The topological polar surface area (TPSA) is 98.0 Å². The molecular formula is C10H10F2N4O2S2. The summed E-state index contributed by atoms with van der Waals surface area (Å²) in [4.78, 5) is -0.814. The van der Waals surface area contributed by atoms with E-state index in [0.29, 0.717) is 5.01 Å². The highest BCUT2D eigenvalue weighted by Gasteiger charge is 2.24. The van der Waals surface area contributed by atoms with Crippen molar-refractivity contribution in [3.8, 4) is 0 Å². The van der Waals surface area contributed by atoms with Crippen molar-refractivity contribution in [3.05, 3.63) is 34.3 Å². The third kappa shape index (κ3) is 2.92. The van der Waals surface area contributed by atoms with Crippen LogP contribution in [-0.4, -0.2) is 18.6 Å². The standard InChI is InChI=1S/C10H10F2N4O2S2/c1-5-14-15-10(19-5)16-20(17,18)8-3-6(4-13)2-7(11)9(8)12/h2-3H,4,13H2,1H3,(H,15,16). The van der Waals surface area contributed by atoms with Gasteiger partial charge in [-0.1, -0.05) is 11.3 Å². The Morgan fingerprint density at radius 2 is 2.05 bits per heavy atom. The van der Waals surface area contributed by atoms with Crippen molar-refractivity contribution < 1.29 is 17.2 Å². The largest absolute Gasteiger partial charge is 0.326 e. The highest BCUT2D eigenvalue weighted by Crippen LogP contribution is 2.23. The predicted octanol–water partition coefficient (Wildman–Crippen LogP) is 1.38.